The molecule has 0 bridgehead atoms. The highest BCUT2D eigenvalue weighted by Gasteiger charge is 2.52. The van der Waals surface area contributed by atoms with Gasteiger partial charge in [-0.15, -0.1) is 0 Å². The fourth-order valence-electron chi connectivity index (χ4n) is 2.95. The quantitative estimate of drug-likeness (QED) is 0.778. The molecular weight excluding hydrogens is 357 g/mol. The second kappa shape index (κ2) is 7.41. The van der Waals surface area contributed by atoms with E-state index in [0.717, 1.165) is 5.56 Å². The third kappa shape index (κ3) is 4.10. The second-order valence-corrected chi connectivity index (χ2v) is 7.91. The molecule has 146 valence electrons. The average molecular weight is 381 g/mol. The smallest absolute Gasteiger partial charge is 0.478 e. The lowest BCUT2D eigenvalue weighted by molar-refractivity contribution is -0.115. The molecule has 7 heteroatoms. The summed E-state index contributed by atoms with van der Waals surface area (Å²) in [6.45, 7) is 7.67. The third-order valence-electron chi connectivity index (χ3n) is 5.29. The van der Waals surface area contributed by atoms with E-state index in [2.05, 4.69) is 5.32 Å². The lowest BCUT2D eigenvalue weighted by Gasteiger charge is -2.32. The number of hydrogen-bond donors (Lipinski definition) is 2. The number of aromatic carboxylic acids is 1. The Kier molecular flexibility index (Phi) is 5.32. The predicted molar refractivity (Wildman–Crippen MR) is 108 cm³/mol. The summed E-state index contributed by atoms with van der Waals surface area (Å²) in [5.41, 5.74) is 0.791. The topological polar surface area (TPSA) is 84.9 Å². The molecule has 0 radical (unpaired) electrons. The zero-order valence-corrected chi connectivity index (χ0v) is 16.5. The Labute approximate surface area is 165 Å². The summed E-state index contributed by atoms with van der Waals surface area (Å²) in [6, 6.07) is 13.9. The van der Waals surface area contributed by atoms with Crippen LogP contribution in [-0.4, -0.2) is 35.3 Å². The zero-order valence-electron chi connectivity index (χ0n) is 16.5. The summed E-state index contributed by atoms with van der Waals surface area (Å²) in [7, 11) is -0.781. The SMILES string of the molecule is CC1(C)OB(c2cc(C(=O)O)ccc2NC(=O)Cc2ccccc2)OC1(C)C. The monoisotopic (exact) mass is 381 g/mol. The first-order chi connectivity index (χ1) is 13.1. The van der Waals surface area contributed by atoms with Crippen molar-refractivity contribution in [1.29, 1.82) is 0 Å². The van der Waals surface area contributed by atoms with Gasteiger partial charge in [-0.05, 0) is 51.5 Å². The Balaban J connectivity index is 1.89. The van der Waals surface area contributed by atoms with E-state index in [0.29, 0.717) is 11.2 Å². The highest BCUT2D eigenvalue weighted by atomic mass is 16.7. The Morgan fingerprint density at radius 3 is 2.18 bits per heavy atom. The molecular formula is C21H24BNO5. The normalized spacial score (nSPS) is 17.4. The number of benzene rings is 2. The van der Waals surface area contributed by atoms with Crippen molar-refractivity contribution in [1.82, 2.24) is 0 Å². The van der Waals surface area contributed by atoms with Crippen LogP contribution in [-0.2, 0) is 20.5 Å². The molecule has 1 aliphatic heterocycles. The molecule has 1 amide bonds. The molecule has 0 unspecified atom stereocenters. The largest absolute Gasteiger partial charge is 0.497 e. The van der Waals surface area contributed by atoms with Gasteiger partial charge >= 0.3 is 13.1 Å². The van der Waals surface area contributed by atoms with E-state index in [1.807, 2.05) is 58.0 Å². The first kappa shape index (κ1) is 20.1. The maximum absolute atomic E-state index is 12.5. The predicted octanol–water partition coefficient (Wildman–Crippen LogP) is 2.87. The van der Waals surface area contributed by atoms with Crippen molar-refractivity contribution in [3.63, 3.8) is 0 Å². The number of carboxylic acid groups (broad SMARTS) is 1. The lowest BCUT2D eigenvalue weighted by atomic mass is 9.77. The number of rotatable bonds is 5. The summed E-state index contributed by atoms with van der Waals surface area (Å²) in [5.74, 6) is -1.26. The minimum Gasteiger partial charge on any atom is -0.478 e. The third-order valence-corrected chi connectivity index (χ3v) is 5.29. The van der Waals surface area contributed by atoms with Crippen molar-refractivity contribution in [2.24, 2.45) is 0 Å². The fraction of sp³-hybridized carbons (Fsp3) is 0.333. The molecule has 1 heterocycles. The molecule has 28 heavy (non-hydrogen) atoms. The van der Waals surface area contributed by atoms with E-state index in [9.17, 15) is 14.7 Å². The van der Waals surface area contributed by atoms with Crippen molar-refractivity contribution in [3.8, 4) is 0 Å². The van der Waals surface area contributed by atoms with Crippen LogP contribution in [0.4, 0.5) is 5.69 Å². The van der Waals surface area contributed by atoms with Crippen molar-refractivity contribution >= 4 is 30.1 Å². The molecule has 0 aliphatic carbocycles. The van der Waals surface area contributed by atoms with E-state index < -0.39 is 24.3 Å². The van der Waals surface area contributed by atoms with Crippen LogP contribution in [0.15, 0.2) is 48.5 Å². The molecule has 0 atom stereocenters. The molecule has 2 aromatic carbocycles. The first-order valence-corrected chi connectivity index (χ1v) is 9.16. The first-order valence-electron chi connectivity index (χ1n) is 9.16. The number of nitrogens with one attached hydrogen (secondary N) is 1. The lowest BCUT2D eigenvalue weighted by Crippen LogP contribution is -2.41. The Bertz CT molecular complexity index is 879. The number of amides is 1. The van der Waals surface area contributed by atoms with Crippen LogP contribution in [0.5, 0.6) is 0 Å². The van der Waals surface area contributed by atoms with Crippen LogP contribution in [0.3, 0.4) is 0 Å². The van der Waals surface area contributed by atoms with Crippen molar-refractivity contribution in [2.45, 2.75) is 45.3 Å². The van der Waals surface area contributed by atoms with Crippen LogP contribution >= 0.6 is 0 Å². The molecule has 2 N–H and O–H groups in total. The molecule has 1 saturated heterocycles. The highest BCUT2D eigenvalue weighted by Crippen LogP contribution is 2.37. The van der Waals surface area contributed by atoms with Crippen molar-refractivity contribution in [3.05, 3.63) is 59.7 Å². The van der Waals surface area contributed by atoms with Gasteiger partial charge in [-0.25, -0.2) is 4.79 Å². The van der Waals surface area contributed by atoms with Crippen molar-refractivity contribution < 1.29 is 24.0 Å². The van der Waals surface area contributed by atoms with E-state index in [1.54, 1.807) is 6.07 Å². The van der Waals surface area contributed by atoms with Gasteiger partial charge in [-0.3, -0.25) is 4.79 Å². The Morgan fingerprint density at radius 1 is 1.00 bits per heavy atom. The standard InChI is InChI=1S/C21H24BNO5/c1-20(2)21(3,4)28-22(27-20)16-13-15(19(25)26)10-11-17(16)23-18(24)12-14-8-6-5-7-9-14/h5-11,13H,12H2,1-4H3,(H,23,24)(H,25,26). The van der Waals surface area contributed by atoms with Gasteiger partial charge in [0.25, 0.3) is 0 Å². The van der Waals surface area contributed by atoms with E-state index in [4.69, 9.17) is 9.31 Å². The van der Waals surface area contributed by atoms with Crippen LogP contribution in [0.25, 0.3) is 0 Å². The molecule has 6 nitrogen and oxygen atoms in total. The summed E-state index contributed by atoms with van der Waals surface area (Å²) in [5, 5.41) is 12.2. The second-order valence-electron chi connectivity index (χ2n) is 7.91. The fourth-order valence-corrected chi connectivity index (χ4v) is 2.95. The number of carboxylic acids is 1. The van der Waals surface area contributed by atoms with Gasteiger partial charge in [0.1, 0.15) is 0 Å². The van der Waals surface area contributed by atoms with Gasteiger partial charge in [-0.2, -0.15) is 0 Å². The Hall–Kier alpha value is -2.64. The Morgan fingerprint density at radius 2 is 1.61 bits per heavy atom. The van der Waals surface area contributed by atoms with Crippen LogP contribution in [0.1, 0.15) is 43.6 Å². The van der Waals surface area contributed by atoms with Gasteiger partial charge in [0.2, 0.25) is 5.91 Å². The molecule has 0 saturated carbocycles. The van der Waals surface area contributed by atoms with Crippen LogP contribution in [0.2, 0.25) is 0 Å². The van der Waals surface area contributed by atoms with Crippen LogP contribution in [0, 0.1) is 0 Å². The molecule has 3 rings (SSSR count). The average Bonchev–Trinajstić information content (AvgIpc) is 2.83. The van der Waals surface area contributed by atoms with Crippen molar-refractivity contribution in [2.75, 3.05) is 5.32 Å². The number of anilines is 1. The number of carbonyl (C=O) groups is 2. The number of hydrogen-bond acceptors (Lipinski definition) is 4. The molecule has 1 fully saturated rings. The van der Waals surface area contributed by atoms with Gasteiger partial charge in [0, 0.05) is 11.2 Å². The maximum atomic E-state index is 12.5. The van der Waals surface area contributed by atoms with E-state index >= 15 is 0 Å². The van der Waals surface area contributed by atoms with Gasteiger partial charge in [-0.1, -0.05) is 30.3 Å². The number of carbonyl (C=O) groups excluding carboxylic acids is 1. The highest BCUT2D eigenvalue weighted by molar-refractivity contribution is 6.64. The zero-order chi connectivity index (χ0) is 20.5. The van der Waals surface area contributed by atoms with E-state index in [-0.39, 0.29) is 17.9 Å². The molecule has 0 aromatic heterocycles. The molecule has 1 aliphatic rings. The van der Waals surface area contributed by atoms with Gasteiger partial charge in [0.05, 0.1) is 23.2 Å². The summed E-state index contributed by atoms with van der Waals surface area (Å²) in [6.07, 6.45) is 0.213. The molecule has 2 aromatic rings. The summed E-state index contributed by atoms with van der Waals surface area (Å²) >= 11 is 0. The maximum Gasteiger partial charge on any atom is 0.497 e. The summed E-state index contributed by atoms with van der Waals surface area (Å²) < 4.78 is 12.1. The van der Waals surface area contributed by atoms with E-state index in [1.165, 1.54) is 12.1 Å². The molecule has 0 spiro atoms. The minimum atomic E-state index is -1.06. The minimum absolute atomic E-state index is 0.103. The summed E-state index contributed by atoms with van der Waals surface area (Å²) in [4.78, 5) is 23.9. The van der Waals surface area contributed by atoms with Crippen LogP contribution < -0.4 is 10.8 Å². The van der Waals surface area contributed by atoms with Gasteiger partial charge in [0.15, 0.2) is 0 Å². The van der Waals surface area contributed by atoms with Gasteiger partial charge < -0.3 is 19.7 Å².